The number of aromatic nitrogens is 2. The number of hydrogen-bond donors (Lipinski definition) is 0. The molecule has 1 aromatic heterocycles. The van der Waals surface area contributed by atoms with Crippen LogP contribution in [0.5, 0.6) is 0 Å². The summed E-state index contributed by atoms with van der Waals surface area (Å²) in [5.41, 5.74) is 1.15. The van der Waals surface area contributed by atoms with Crippen molar-refractivity contribution in [1.29, 1.82) is 0 Å². The van der Waals surface area contributed by atoms with Crippen molar-refractivity contribution in [3.8, 4) is 0 Å². The summed E-state index contributed by atoms with van der Waals surface area (Å²) in [5, 5.41) is 0. The van der Waals surface area contributed by atoms with Crippen LogP contribution >= 0.6 is 0 Å². The molecule has 3 fully saturated rings. The molecule has 0 bridgehead atoms. The van der Waals surface area contributed by atoms with Crippen molar-refractivity contribution in [3.63, 3.8) is 0 Å². The minimum atomic E-state index is 0.120. The van der Waals surface area contributed by atoms with E-state index in [0.29, 0.717) is 0 Å². The first-order chi connectivity index (χ1) is 11.9. The molecule has 132 valence electrons. The van der Waals surface area contributed by atoms with Gasteiger partial charge in [0, 0.05) is 38.5 Å². The van der Waals surface area contributed by atoms with Crippen molar-refractivity contribution in [2.24, 2.45) is 0 Å². The highest BCUT2D eigenvalue weighted by atomic mass is 16.5. The van der Waals surface area contributed by atoms with Crippen LogP contribution in [-0.2, 0) is 11.3 Å². The molecule has 0 radical (unpaired) electrons. The number of nitrogens with zero attached hydrogens (tertiary/aromatic N) is 4. The predicted molar refractivity (Wildman–Crippen MR) is 93.7 cm³/mol. The summed E-state index contributed by atoms with van der Waals surface area (Å²) in [6.07, 6.45) is 11.0. The lowest BCUT2D eigenvalue weighted by Gasteiger charge is -2.40. The molecule has 0 spiro atoms. The van der Waals surface area contributed by atoms with Gasteiger partial charge < -0.3 is 9.64 Å². The van der Waals surface area contributed by atoms with Gasteiger partial charge in [-0.05, 0) is 57.7 Å². The number of rotatable bonds is 4. The van der Waals surface area contributed by atoms with Crippen LogP contribution in [0.15, 0.2) is 12.3 Å². The van der Waals surface area contributed by atoms with Crippen molar-refractivity contribution in [3.05, 3.63) is 23.8 Å². The molecule has 3 saturated heterocycles. The lowest BCUT2D eigenvalue weighted by Crippen LogP contribution is -2.46. The van der Waals surface area contributed by atoms with Gasteiger partial charge in [-0.25, -0.2) is 9.97 Å². The van der Waals surface area contributed by atoms with Gasteiger partial charge in [-0.1, -0.05) is 6.42 Å². The molecule has 0 aliphatic carbocycles. The Hall–Kier alpha value is -1.04. The third-order valence-electron chi connectivity index (χ3n) is 5.80. The maximum atomic E-state index is 5.72. The fraction of sp³-hybridized carbons (Fsp3) is 0.789. The zero-order valence-electron chi connectivity index (χ0n) is 14.7. The first kappa shape index (κ1) is 16.4. The van der Waals surface area contributed by atoms with Crippen molar-refractivity contribution >= 4 is 0 Å². The van der Waals surface area contributed by atoms with Gasteiger partial charge in [0.2, 0.25) is 0 Å². The minimum absolute atomic E-state index is 0.120. The van der Waals surface area contributed by atoms with Crippen LogP contribution in [-0.4, -0.2) is 58.6 Å². The van der Waals surface area contributed by atoms with E-state index in [0.717, 1.165) is 43.6 Å². The Kier molecular flexibility index (Phi) is 5.40. The average Bonchev–Trinajstić information content (AvgIpc) is 3.18. The van der Waals surface area contributed by atoms with Gasteiger partial charge in [-0.3, -0.25) is 4.90 Å². The van der Waals surface area contributed by atoms with Crippen molar-refractivity contribution in [2.45, 2.75) is 63.6 Å². The second kappa shape index (κ2) is 7.89. The molecule has 3 aliphatic heterocycles. The summed E-state index contributed by atoms with van der Waals surface area (Å²) in [6.45, 7) is 6.83. The Morgan fingerprint density at radius 2 is 1.83 bits per heavy atom. The molecule has 0 saturated carbocycles. The molecule has 4 heterocycles. The molecule has 4 rings (SSSR count). The Labute approximate surface area is 145 Å². The highest BCUT2D eigenvalue weighted by Gasteiger charge is 2.26. The lowest BCUT2D eigenvalue weighted by atomic mass is 10.00. The molecule has 0 N–H and O–H groups in total. The molecule has 5 heteroatoms. The quantitative estimate of drug-likeness (QED) is 0.849. The third-order valence-corrected chi connectivity index (χ3v) is 5.80. The fourth-order valence-electron chi connectivity index (χ4n) is 4.39. The van der Waals surface area contributed by atoms with Gasteiger partial charge >= 0.3 is 0 Å². The van der Waals surface area contributed by atoms with E-state index in [1.165, 1.54) is 58.3 Å². The lowest BCUT2D eigenvalue weighted by molar-refractivity contribution is 0.0883. The standard InChI is InChI=1S/C19H30N4O/c1-2-10-23(11-3-1)17-7-12-22(13-8-17)15-16-6-9-20-19(21-16)18-5-4-14-24-18/h6,9,17-18H,1-5,7-8,10-15H2/t18-/m0/s1. The van der Waals surface area contributed by atoms with Crippen molar-refractivity contribution < 1.29 is 4.74 Å². The predicted octanol–water partition coefficient (Wildman–Crippen LogP) is 2.78. The van der Waals surface area contributed by atoms with Crippen LogP contribution in [0.4, 0.5) is 0 Å². The highest BCUT2D eigenvalue weighted by Crippen LogP contribution is 2.26. The van der Waals surface area contributed by atoms with Gasteiger partial charge in [0.1, 0.15) is 6.10 Å². The zero-order valence-corrected chi connectivity index (χ0v) is 14.7. The molecule has 3 aliphatic rings. The van der Waals surface area contributed by atoms with Crippen LogP contribution in [0.1, 0.15) is 62.6 Å². The summed E-state index contributed by atoms with van der Waals surface area (Å²) < 4.78 is 5.72. The van der Waals surface area contributed by atoms with Crippen LogP contribution in [0.3, 0.4) is 0 Å². The first-order valence-corrected chi connectivity index (χ1v) is 9.78. The molecular formula is C19H30N4O. The Balaban J connectivity index is 1.29. The van der Waals surface area contributed by atoms with E-state index >= 15 is 0 Å². The van der Waals surface area contributed by atoms with Gasteiger partial charge in [0.05, 0.1) is 5.69 Å². The maximum absolute atomic E-state index is 5.72. The summed E-state index contributed by atoms with van der Waals surface area (Å²) in [4.78, 5) is 14.5. The van der Waals surface area contributed by atoms with E-state index in [2.05, 4.69) is 20.9 Å². The van der Waals surface area contributed by atoms with E-state index in [9.17, 15) is 0 Å². The minimum Gasteiger partial charge on any atom is -0.370 e. The Bertz CT molecular complexity index is 518. The average molecular weight is 330 g/mol. The summed E-state index contributed by atoms with van der Waals surface area (Å²) >= 11 is 0. The third kappa shape index (κ3) is 3.95. The normalized spacial score (nSPS) is 27.6. The van der Waals surface area contributed by atoms with E-state index in [-0.39, 0.29) is 6.10 Å². The SMILES string of the molecule is c1cc(CN2CCC(N3CCCCC3)CC2)nc([C@@H]2CCCO2)n1. The van der Waals surface area contributed by atoms with Crippen LogP contribution in [0.2, 0.25) is 0 Å². The first-order valence-electron chi connectivity index (χ1n) is 9.78. The Morgan fingerprint density at radius 1 is 1.00 bits per heavy atom. The summed E-state index contributed by atoms with van der Waals surface area (Å²) in [6, 6.07) is 2.88. The van der Waals surface area contributed by atoms with E-state index in [4.69, 9.17) is 9.72 Å². The second-order valence-electron chi connectivity index (χ2n) is 7.51. The molecule has 24 heavy (non-hydrogen) atoms. The molecule has 1 aromatic rings. The number of hydrogen-bond acceptors (Lipinski definition) is 5. The fourth-order valence-corrected chi connectivity index (χ4v) is 4.39. The van der Waals surface area contributed by atoms with Crippen LogP contribution in [0, 0.1) is 0 Å². The van der Waals surface area contributed by atoms with Gasteiger partial charge in [-0.15, -0.1) is 0 Å². The second-order valence-corrected chi connectivity index (χ2v) is 7.51. The highest BCUT2D eigenvalue weighted by molar-refractivity contribution is 5.05. The monoisotopic (exact) mass is 330 g/mol. The van der Waals surface area contributed by atoms with Gasteiger partial charge in [0.25, 0.3) is 0 Å². The van der Waals surface area contributed by atoms with Crippen molar-refractivity contribution in [2.75, 3.05) is 32.8 Å². The molecular weight excluding hydrogens is 300 g/mol. The number of piperidine rings is 2. The number of likely N-dealkylation sites (tertiary alicyclic amines) is 2. The van der Waals surface area contributed by atoms with Crippen molar-refractivity contribution in [1.82, 2.24) is 19.8 Å². The molecule has 0 amide bonds. The van der Waals surface area contributed by atoms with Crippen LogP contribution in [0.25, 0.3) is 0 Å². The van der Waals surface area contributed by atoms with E-state index in [1.54, 1.807) is 0 Å². The molecule has 1 atom stereocenters. The summed E-state index contributed by atoms with van der Waals surface area (Å²) in [7, 11) is 0. The summed E-state index contributed by atoms with van der Waals surface area (Å²) in [5.74, 6) is 0.883. The smallest absolute Gasteiger partial charge is 0.157 e. The topological polar surface area (TPSA) is 41.5 Å². The Morgan fingerprint density at radius 3 is 2.58 bits per heavy atom. The number of ether oxygens (including phenoxy) is 1. The molecule has 5 nitrogen and oxygen atoms in total. The van der Waals surface area contributed by atoms with Gasteiger partial charge in [0.15, 0.2) is 5.82 Å². The van der Waals surface area contributed by atoms with E-state index in [1.807, 2.05) is 6.20 Å². The molecule has 0 unspecified atom stereocenters. The van der Waals surface area contributed by atoms with E-state index < -0.39 is 0 Å². The van der Waals surface area contributed by atoms with Gasteiger partial charge in [-0.2, -0.15) is 0 Å². The van der Waals surface area contributed by atoms with Crippen LogP contribution < -0.4 is 0 Å². The molecule has 0 aromatic carbocycles. The maximum Gasteiger partial charge on any atom is 0.157 e. The zero-order chi connectivity index (χ0) is 16.2. The largest absolute Gasteiger partial charge is 0.370 e.